The molecule has 0 heterocycles. The van der Waals surface area contributed by atoms with Crippen LogP contribution < -0.4 is 34.8 Å². The third-order valence-electron chi connectivity index (χ3n) is 2.17. The van der Waals surface area contributed by atoms with E-state index in [0.29, 0.717) is 28.1 Å². The number of hydrogen-bond acceptors (Lipinski definition) is 6. The molecule has 1 rings (SSSR count). The zero-order chi connectivity index (χ0) is 14.8. The van der Waals surface area contributed by atoms with Crippen LogP contribution in [-0.2, 0) is 19.2 Å². The molecule has 0 N–H and O–H groups in total. The first-order chi connectivity index (χ1) is 8.61. The molecule has 0 aliphatic carbocycles. The average Bonchev–Trinajstić information content (AvgIpc) is 2.23. The Hall–Kier alpha value is 1.84. The van der Waals surface area contributed by atoms with E-state index >= 15 is 0 Å². The summed E-state index contributed by atoms with van der Waals surface area (Å²) in [7, 11) is -3.67. The Bertz CT molecular complexity index is 550. The van der Waals surface area contributed by atoms with Gasteiger partial charge in [-0.3, -0.25) is 5.04 Å². The van der Waals surface area contributed by atoms with Crippen LogP contribution in [-0.4, -0.2) is 9.89 Å². The Morgan fingerprint density at radius 2 is 1.65 bits per heavy atom. The SMILES string of the molecule is Cc1cc(SOO[O-])cc(C)c1S(=O)(=O)C(Br)(Br)Br.[Na+]. The second-order valence-electron chi connectivity index (χ2n) is 3.55. The van der Waals surface area contributed by atoms with Crippen molar-refractivity contribution in [2.45, 2.75) is 25.1 Å². The summed E-state index contributed by atoms with van der Waals surface area (Å²) >= 11 is 9.77. The van der Waals surface area contributed by atoms with E-state index in [0.717, 1.165) is 0 Å². The van der Waals surface area contributed by atoms with Gasteiger partial charge < -0.3 is 5.26 Å². The van der Waals surface area contributed by atoms with Gasteiger partial charge in [-0.2, -0.15) is 4.33 Å². The first-order valence-corrected chi connectivity index (χ1v) is 9.27. The molecule has 0 amide bonds. The minimum atomic E-state index is -3.67. The van der Waals surface area contributed by atoms with Crippen LogP contribution in [0.5, 0.6) is 0 Å². The molecular weight excluding hydrogens is 515 g/mol. The van der Waals surface area contributed by atoms with Crippen molar-refractivity contribution in [1.29, 1.82) is 0 Å². The molecule has 11 heteroatoms. The standard InChI is InChI=1S/C9H9Br3O5S2.Na/c1-5-3-7(18-17-16-13)4-6(2)8(5)19(14,15)9(10,11)12;/h3-4,13H,1-2H3;/q;+1/p-1. The van der Waals surface area contributed by atoms with Crippen LogP contribution in [0.3, 0.4) is 0 Å². The molecule has 0 radical (unpaired) electrons. The maximum atomic E-state index is 12.4. The average molecular weight is 523 g/mol. The van der Waals surface area contributed by atoms with Crippen LogP contribution in [0.15, 0.2) is 21.9 Å². The fourth-order valence-electron chi connectivity index (χ4n) is 1.55. The number of halogens is 3. The van der Waals surface area contributed by atoms with Gasteiger partial charge in [-0.25, -0.2) is 8.42 Å². The van der Waals surface area contributed by atoms with Crippen molar-refractivity contribution in [3.8, 4) is 0 Å². The van der Waals surface area contributed by atoms with Crippen molar-refractivity contribution < 1.29 is 52.6 Å². The van der Waals surface area contributed by atoms with Gasteiger partial charge in [0, 0.05) is 4.90 Å². The monoisotopic (exact) mass is 520 g/mol. The van der Waals surface area contributed by atoms with Crippen molar-refractivity contribution in [3.05, 3.63) is 23.3 Å². The molecule has 5 nitrogen and oxygen atoms in total. The molecule has 0 unspecified atom stereocenters. The molecule has 0 saturated heterocycles. The minimum Gasteiger partial charge on any atom is -0.691 e. The summed E-state index contributed by atoms with van der Waals surface area (Å²) in [5.41, 5.74) is 1.06. The van der Waals surface area contributed by atoms with Gasteiger partial charge in [0.1, 0.15) is 0 Å². The molecule has 0 atom stereocenters. The van der Waals surface area contributed by atoms with Crippen LogP contribution in [0, 0.1) is 13.8 Å². The topological polar surface area (TPSA) is 75.7 Å². The van der Waals surface area contributed by atoms with Crippen LogP contribution in [0.2, 0.25) is 0 Å². The Morgan fingerprint density at radius 3 is 2.00 bits per heavy atom. The summed E-state index contributed by atoms with van der Waals surface area (Å²) in [4.78, 5) is 0.750. The quantitative estimate of drug-likeness (QED) is 0.184. The molecule has 0 aliphatic rings. The zero-order valence-corrected chi connectivity index (χ0v) is 19.0. The fourth-order valence-corrected chi connectivity index (χ4v) is 4.76. The van der Waals surface area contributed by atoms with Crippen molar-refractivity contribution in [1.82, 2.24) is 0 Å². The van der Waals surface area contributed by atoms with Crippen molar-refractivity contribution in [3.63, 3.8) is 0 Å². The zero-order valence-electron chi connectivity index (χ0n) is 10.6. The van der Waals surface area contributed by atoms with Crippen molar-refractivity contribution in [2.75, 3.05) is 0 Å². The smallest absolute Gasteiger partial charge is 0.691 e. The number of alkyl halides is 3. The second kappa shape index (κ2) is 8.62. The molecule has 0 aromatic heterocycles. The van der Waals surface area contributed by atoms with E-state index < -0.39 is 11.3 Å². The van der Waals surface area contributed by atoms with E-state index in [-0.39, 0.29) is 34.5 Å². The van der Waals surface area contributed by atoms with Crippen molar-refractivity contribution >= 4 is 69.7 Å². The number of benzene rings is 1. The van der Waals surface area contributed by atoms with Gasteiger partial charge in [-0.05, 0) is 84.9 Å². The second-order valence-corrected chi connectivity index (χ2v) is 14.7. The van der Waals surface area contributed by atoms with E-state index in [4.69, 9.17) is 0 Å². The normalized spacial score (nSPS) is 12.1. The van der Waals surface area contributed by atoms with E-state index in [1.54, 1.807) is 26.0 Å². The van der Waals surface area contributed by atoms with E-state index in [9.17, 15) is 13.7 Å². The van der Waals surface area contributed by atoms with Gasteiger partial charge in [0.25, 0.3) is 0 Å². The summed E-state index contributed by atoms with van der Waals surface area (Å²) in [5, 5.41) is 13.0. The molecule has 0 bridgehead atoms. The largest absolute Gasteiger partial charge is 1.00 e. The Kier molecular flexibility index (Phi) is 9.42. The first kappa shape index (κ1) is 21.8. The van der Waals surface area contributed by atoms with Crippen LogP contribution in [0.1, 0.15) is 11.1 Å². The predicted molar refractivity (Wildman–Crippen MR) is 80.6 cm³/mol. The molecule has 20 heavy (non-hydrogen) atoms. The molecule has 0 spiro atoms. The van der Waals surface area contributed by atoms with Crippen LogP contribution >= 0.6 is 59.8 Å². The first-order valence-electron chi connectivity index (χ1n) is 4.67. The summed E-state index contributed by atoms with van der Waals surface area (Å²) < 4.78 is 27.5. The molecule has 0 saturated carbocycles. The third kappa shape index (κ3) is 5.19. The number of aryl methyl sites for hydroxylation is 2. The van der Waals surface area contributed by atoms with E-state index in [1.165, 1.54) is 0 Å². The molecule has 1 aromatic rings. The van der Waals surface area contributed by atoms with Gasteiger partial charge in [0.05, 0.1) is 16.9 Å². The maximum absolute atomic E-state index is 12.4. The van der Waals surface area contributed by atoms with Gasteiger partial charge >= 0.3 is 29.6 Å². The number of sulfone groups is 1. The van der Waals surface area contributed by atoms with Crippen LogP contribution in [0.4, 0.5) is 0 Å². The van der Waals surface area contributed by atoms with Gasteiger partial charge in [-0.1, -0.05) is 0 Å². The maximum Gasteiger partial charge on any atom is 1.00 e. The molecule has 0 aliphatic heterocycles. The van der Waals surface area contributed by atoms with E-state index in [1.807, 2.05) is 0 Å². The van der Waals surface area contributed by atoms with Crippen molar-refractivity contribution in [2.24, 2.45) is 0 Å². The molecule has 108 valence electrons. The Balaban J connectivity index is 0.00000361. The minimum absolute atomic E-state index is 0. The molecule has 1 aromatic carbocycles. The third-order valence-corrected chi connectivity index (χ3v) is 8.34. The Morgan fingerprint density at radius 1 is 1.20 bits per heavy atom. The summed E-state index contributed by atoms with van der Waals surface area (Å²) in [6, 6.07) is 3.17. The van der Waals surface area contributed by atoms with Gasteiger partial charge in [0.15, 0.2) is 0 Å². The fraction of sp³-hybridized carbons (Fsp3) is 0.333. The van der Waals surface area contributed by atoms with Crippen LogP contribution in [0.25, 0.3) is 0 Å². The molecular formula is C9H8Br3NaO5S2. The number of hydrogen-bond donors (Lipinski definition) is 0. The molecule has 0 fully saturated rings. The van der Waals surface area contributed by atoms with Gasteiger partial charge in [0.2, 0.25) is 11.3 Å². The summed E-state index contributed by atoms with van der Waals surface area (Å²) in [6.45, 7) is 3.31. The summed E-state index contributed by atoms with van der Waals surface area (Å²) in [5.74, 6) is 0. The Labute approximate surface area is 168 Å². The predicted octanol–water partition coefficient (Wildman–Crippen LogP) is 0.108. The van der Waals surface area contributed by atoms with E-state index in [2.05, 4.69) is 57.2 Å². The van der Waals surface area contributed by atoms with Gasteiger partial charge in [-0.15, -0.1) is 0 Å². The summed E-state index contributed by atoms with van der Waals surface area (Å²) in [6.07, 6.45) is 0. The number of rotatable bonds is 4.